The lowest BCUT2D eigenvalue weighted by atomic mass is 10.1. The SMILES string of the molecule is CN1C(=CC=C2CCC(C=Cc3n(C)c4nc5ccccc5nc4[n+]3C)=C2N(c2ccccc2)c2ccccc2)N(C)c2nc3ccccc3nc21. The monoisotopic (exact) mass is 680 g/mol. The van der Waals surface area contributed by atoms with Crippen LogP contribution in [0.4, 0.5) is 23.0 Å². The van der Waals surface area contributed by atoms with E-state index in [1.165, 1.54) is 16.8 Å². The summed E-state index contributed by atoms with van der Waals surface area (Å²) in [5.41, 5.74) is 11.1. The number of rotatable bonds is 6. The van der Waals surface area contributed by atoms with Crippen LogP contribution in [0.1, 0.15) is 18.7 Å². The zero-order valence-corrected chi connectivity index (χ0v) is 29.6. The van der Waals surface area contributed by atoms with Crippen LogP contribution >= 0.6 is 0 Å². The number of para-hydroxylation sites is 6. The van der Waals surface area contributed by atoms with Gasteiger partial charge in [-0.25, -0.2) is 24.1 Å². The zero-order valence-electron chi connectivity index (χ0n) is 29.6. The Morgan fingerprint density at radius 3 is 1.69 bits per heavy atom. The number of hydrogen-bond acceptors (Lipinski definition) is 7. The van der Waals surface area contributed by atoms with E-state index < -0.39 is 0 Å². The summed E-state index contributed by atoms with van der Waals surface area (Å²) in [6.45, 7) is 0. The first-order valence-corrected chi connectivity index (χ1v) is 17.5. The molecule has 0 radical (unpaired) electrons. The Morgan fingerprint density at radius 1 is 0.596 bits per heavy atom. The average Bonchev–Trinajstić information content (AvgIpc) is 3.76. The number of aryl methyl sites for hydroxylation is 2. The van der Waals surface area contributed by atoms with E-state index in [-0.39, 0.29) is 0 Å². The molecule has 4 aromatic carbocycles. The Kier molecular flexibility index (Phi) is 7.61. The van der Waals surface area contributed by atoms with Crippen molar-refractivity contribution < 1.29 is 4.57 Å². The number of nitrogens with zero attached hydrogens (tertiary/aromatic N) is 9. The van der Waals surface area contributed by atoms with Gasteiger partial charge in [0.15, 0.2) is 17.2 Å². The fourth-order valence-corrected chi connectivity index (χ4v) is 7.43. The summed E-state index contributed by atoms with van der Waals surface area (Å²) in [5, 5.41) is 0. The molecule has 0 spiro atoms. The van der Waals surface area contributed by atoms with E-state index in [9.17, 15) is 0 Å². The first-order chi connectivity index (χ1) is 25.5. The molecule has 0 saturated heterocycles. The van der Waals surface area contributed by atoms with Gasteiger partial charge < -0.3 is 14.7 Å². The van der Waals surface area contributed by atoms with Gasteiger partial charge in [0.25, 0.3) is 5.65 Å². The predicted molar refractivity (Wildman–Crippen MR) is 210 cm³/mol. The van der Waals surface area contributed by atoms with Crippen molar-refractivity contribution in [1.82, 2.24) is 24.5 Å². The van der Waals surface area contributed by atoms with Gasteiger partial charge in [0.2, 0.25) is 5.82 Å². The first kappa shape index (κ1) is 31.4. The number of hydrogen-bond donors (Lipinski definition) is 0. The minimum Gasteiger partial charge on any atom is -0.312 e. The van der Waals surface area contributed by atoms with Crippen LogP contribution in [-0.4, -0.2) is 38.6 Å². The Morgan fingerprint density at radius 2 is 1.12 bits per heavy atom. The highest BCUT2D eigenvalue weighted by molar-refractivity contribution is 5.86. The largest absolute Gasteiger partial charge is 0.322 e. The maximum absolute atomic E-state index is 4.97. The van der Waals surface area contributed by atoms with Gasteiger partial charge in [-0.1, -0.05) is 77.8 Å². The smallest absolute Gasteiger partial charge is 0.312 e. The fraction of sp³-hybridized carbons (Fsp3) is 0.140. The molecule has 4 heterocycles. The lowest BCUT2D eigenvalue weighted by Gasteiger charge is -2.28. The van der Waals surface area contributed by atoms with Gasteiger partial charge in [-0.3, -0.25) is 0 Å². The molecule has 1 aliphatic heterocycles. The van der Waals surface area contributed by atoms with Crippen molar-refractivity contribution in [2.45, 2.75) is 12.8 Å². The van der Waals surface area contributed by atoms with Gasteiger partial charge in [0.1, 0.15) is 11.3 Å². The van der Waals surface area contributed by atoms with Crippen LogP contribution in [-0.2, 0) is 14.1 Å². The summed E-state index contributed by atoms with van der Waals surface area (Å²) in [5.74, 6) is 3.74. The summed E-state index contributed by atoms with van der Waals surface area (Å²) < 4.78 is 4.26. The molecule has 0 unspecified atom stereocenters. The van der Waals surface area contributed by atoms with Gasteiger partial charge in [0, 0.05) is 31.5 Å². The molecule has 0 fully saturated rings. The molecule has 9 heteroatoms. The molecule has 3 aromatic heterocycles. The van der Waals surface area contributed by atoms with E-state index in [4.69, 9.17) is 19.9 Å². The summed E-state index contributed by atoms with van der Waals surface area (Å²) >= 11 is 0. The van der Waals surface area contributed by atoms with E-state index in [2.05, 4.69) is 137 Å². The van der Waals surface area contributed by atoms with E-state index >= 15 is 0 Å². The number of fused-ring (bicyclic) bond motifs is 4. The second-order valence-corrected chi connectivity index (χ2v) is 13.2. The molecule has 0 N–H and O–H groups in total. The van der Waals surface area contributed by atoms with Gasteiger partial charge in [-0.05, 0) is 78.6 Å². The lowest BCUT2D eigenvalue weighted by Crippen LogP contribution is -2.31. The number of benzene rings is 4. The minimum absolute atomic E-state index is 0.853. The molecule has 9 nitrogen and oxygen atoms in total. The van der Waals surface area contributed by atoms with Gasteiger partial charge >= 0.3 is 5.65 Å². The highest BCUT2D eigenvalue weighted by Crippen LogP contribution is 2.43. The Bertz CT molecular complexity index is 2490. The van der Waals surface area contributed by atoms with Gasteiger partial charge in [-0.2, -0.15) is 0 Å². The summed E-state index contributed by atoms with van der Waals surface area (Å²) in [6, 6.07) is 37.3. The number of allylic oxidation sites excluding steroid dienone is 5. The van der Waals surface area contributed by atoms with Crippen molar-refractivity contribution in [3.05, 3.63) is 156 Å². The van der Waals surface area contributed by atoms with Gasteiger partial charge in [0.05, 0.1) is 30.8 Å². The average molecular weight is 681 g/mol. The molecule has 7 aromatic rings. The molecule has 0 amide bonds. The van der Waals surface area contributed by atoms with E-state index in [0.717, 1.165) is 80.9 Å². The van der Waals surface area contributed by atoms with Crippen LogP contribution in [0.25, 0.3) is 39.4 Å². The van der Waals surface area contributed by atoms with Crippen molar-refractivity contribution in [3.8, 4) is 0 Å². The molecule has 2 aliphatic rings. The molecule has 9 rings (SSSR count). The van der Waals surface area contributed by atoms with Crippen molar-refractivity contribution in [2.24, 2.45) is 14.1 Å². The molecular weight excluding hydrogens is 643 g/mol. The summed E-state index contributed by atoms with van der Waals surface area (Å²) in [6.07, 6.45) is 10.8. The van der Waals surface area contributed by atoms with Crippen LogP contribution in [0.3, 0.4) is 0 Å². The van der Waals surface area contributed by atoms with E-state index in [0.29, 0.717) is 0 Å². The second kappa shape index (κ2) is 12.6. The molecule has 0 atom stereocenters. The summed E-state index contributed by atoms with van der Waals surface area (Å²) in [7, 11) is 8.25. The number of anilines is 4. The number of imidazole rings is 1. The molecule has 0 saturated carbocycles. The third-order valence-electron chi connectivity index (χ3n) is 10.1. The van der Waals surface area contributed by atoms with Crippen LogP contribution in [0.15, 0.2) is 150 Å². The van der Waals surface area contributed by atoms with E-state index in [1.54, 1.807) is 0 Å². The van der Waals surface area contributed by atoms with Crippen LogP contribution < -0.4 is 19.3 Å². The molecular formula is C43H38N9+. The molecule has 254 valence electrons. The fourth-order valence-electron chi connectivity index (χ4n) is 7.43. The third-order valence-corrected chi connectivity index (χ3v) is 10.1. The van der Waals surface area contributed by atoms with Gasteiger partial charge in [-0.15, -0.1) is 0 Å². The lowest BCUT2D eigenvalue weighted by molar-refractivity contribution is -0.649. The highest BCUT2D eigenvalue weighted by Gasteiger charge is 2.31. The van der Waals surface area contributed by atoms with E-state index in [1.807, 2.05) is 48.5 Å². The molecule has 0 bridgehead atoms. The van der Waals surface area contributed by atoms with Crippen LogP contribution in [0, 0.1) is 0 Å². The first-order valence-electron chi connectivity index (χ1n) is 17.5. The molecule has 1 aliphatic carbocycles. The quantitative estimate of drug-likeness (QED) is 0.164. The molecule has 52 heavy (non-hydrogen) atoms. The zero-order chi connectivity index (χ0) is 35.3. The van der Waals surface area contributed by atoms with Crippen molar-refractivity contribution in [2.75, 3.05) is 28.8 Å². The standard InChI is InChI=1S/C43H38N9/c1-48-37(49(2)41-40(48)44-33-19-11-12-20-34(33)45-41)27-25-29-23-24-30(39(29)52(31-15-7-5-8-16-31)32-17-9-6-10-18-32)26-28-38-50(3)42-43(51(38)4)47-36-22-14-13-21-35(36)46-42/h5-22,25-28H,23-24H2,1-4H3/q+1. The topological polar surface area (TPSA) is 70.1 Å². The second-order valence-electron chi connectivity index (χ2n) is 13.2. The Hall–Kier alpha value is -6.61. The highest BCUT2D eigenvalue weighted by atomic mass is 15.4. The van der Waals surface area contributed by atoms with Crippen LogP contribution in [0.2, 0.25) is 0 Å². The third kappa shape index (κ3) is 5.21. The van der Waals surface area contributed by atoms with Crippen molar-refractivity contribution in [1.29, 1.82) is 0 Å². The Balaban J connectivity index is 1.18. The maximum Gasteiger partial charge on any atom is 0.322 e. The maximum atomic E-state index is 4.97. The normalized spacial score (nSPS) is 15.3. The Labute approximate surface area is 302 Å². The predicted octanol–water partition coefficient (Wildman–Crippen LogP) is 8.14. The number of aromatic nitrogens is 6. The summed E-state index contributed by atoms with van der Waals surface area (Å²) in [4.78, 5) is 26.5. The van der Waals surface area contributed by atoms with Crippen molar-refractivity contribution >= 4 is 62.4 Å². The minimum atomic E-state index is 0.853. The van der Waals surface area contributed by atoms with Crippen LogP contribution in [0.5, 0.6) is 0 Å². The van der Waals surface area contributed by atoms with Crippen molar-refractivity contribution in [3.63, 3.8) is 0 Å².